The Kier molecular flexibility index (Phi) is 3.22. The van der Waals surface area contributed by atoms with Crippen LogP contribution in [0.3, 0.4) is 0 Å². The highest BCUT2D eigenvalue weighted by Gasteiger charge is 2.22. The second kappa shape index (κ2) is 4.03. The van der Waals surface area contributed by atoms with Crippen molar-refractivity contribution in [2.24, 2.45) is 0 Å². The fourth-order valence-electron chi connectivity index (χ4n) is 0.842. The third-order valence-electron chi connectivity index (χ3n) is 1.41. The standard InChI is InChI=1S/C8H4Cl2F2O/c9-4-2-1-3-5(10)6(4)7(13)8(11)12/h1-3,8H. The van der Waals surface area contributed by atoms with Gasteiger partial charge in [-0.2, -0.15) is 0 Å². The van der Waals surface area contributed by atoms with E-state index in [0.717, 1.165) is 0 Å². The molecule has 0 aliphatic carbocycles. The summed E-state index contributed by atoms with van der Waals surface area (Å²) < 4.78 is 24.0. The molecule has 0 N–H and O–H groups in total. The van der Waals surface area contributed by atoms with Crippen LogP contribution in [0, 0.1) is 0 Å². The average molecular weight is 225 g/mol. The minimum Gasteiger partial charge on any atom is -0.288 e. The third kappa shape index (κ3) is 2.17. The summed E-state index contributed by atoms with van der Waals surface area (Å²) in [4.78, 5) is 10.9. The zero-order valence-electron chi connectivity index (χ0n) is 6.23. The number of alkyl halides is 2. The van der Waals surface area contributed by atoms with Crippen LogP contribution in [0.2, 0.25) is 10.0 Å². The molecule has 1 rings (SSSR count). The molecule has 0 saturated heterocycles. The Bertz CT molecular complexity index is 319. The maximum absolute atomic E-state index is 12.0. The van der Waals surface area contributed by atoms with Crippen molar-refractivity contribution >= 4 is 29.0 Å². The normalized spacial score (nSPS) is 10.5. The largest absolute Gasteiger partial charge is 0.300 e. The van der Waals surface area contributed by atoms with Gasteiger partial charge in [0.25, 0.3) is 0 Å². The van der Waals surface area contributed by atoms with Crippen LogP contribution in [-0.2, 0) is 0 Å². The van der Waals surface area contributed by atoms with Crippen molar-refractivity contribution in [2.45, 2.75) is 6.43 Å². The molecule has 0 unspecified atom stereocenters. The first-order valence-corrected chi connectivity index (χ1v) is 4.06. The Morgan fingerprint density at radius 2 is 1.69 bits per heavy atom. The molecule has 13 heavy (non-hydrogen) atoms. The molecular formula is C8H4Cl2F2O. The molecule has 5 heteroatoms. The first-order valence-electron chi connectivity index (χ1n) is 3.30. The Hall–Kier alpha value is -0.670. The van der Waals surface area contributed by atoms with E-state index >= 15 is 0 Å². The van der Waals surface area contributed by atoms with Gasteiger partial charge in [0.1, 0.15) is 0 Å². The van der Waals surface area contributed by atoms with Gasteiger partial charge in [-0.15, -0.1) is 0 Å². The number of ketones is 1. The summed E-state index contributed by atoms with van der Waals surface area (Å²) in [5.41, 5.74) is -0.319. The van der Waals surface area contributed by atoms with Crippen LogP contribution in [0.4, 0.5) is 8.78 Å². The topological polar surface area (TPSA) is 17.1 Å². The number of Topliss-reactive ketones (excluding diaryl/α,β-unsaturated/α-hetero) is 1. The Balaban J connectivity index is 3.20. The van der Waals surface area contributed by atoms with E-state index in [2.05, 4.69) is 0 Å². The number of hydrogen-bond donors (Lipinski definition) is 0. The van der Waals surface area contributed by atoms with Crippen LogP contribution >= 0.6 is 23.2 Å². The van der Waals surface area contributed by atoms with Gasteiger partial charge in [-0.05, 0) is 12.1 Å². The number of hydrogen-bond acceptors (Lipinski definition) is 1. The van der Waals surface area contributed by atoms with Crippen molar-refractivity contribution in [2.75, 3.05) is 0 Å². The van der Waals surface area contributed by atoms with E-state index < -0.39 is 12.2 Å². The second-order valence-electron chi connectivity index (χ2n) is 2.26. The maximum Gasteiger partial charge on any atom is 0.300 e. The lowest BCUT2D eigenvalue weighted by atomic mass is 10.1. The highest BCUT2D eigenvalue weighted by molar-refractivity contribution is 6.40. The summed E-state index contributed by atoms with van der Waals surface area (Å²) >= 11 is 11.1. The molecule has 0 bridgehead atoms. The SMILES string of the molecule is O=C(c1c(Cl)cccc1Cl)C(F)F. The van der Waals surface area contributed by atoms with Gasteiger partial charge < -0.3 is 0 Å². The minimum atomic E-state index is -3.09. The van der Waals surface area contributed by atoms with Crippen molar-refractivity contribution in [3.8, 4) is 0 Å². The maximum atomic E-state index is 12.0. The highest BCUT2D eigenvalue weighted by atomic mass is 35.5. The van der Waals surface area contributed by atoms with Crippen molar-refractivity contribution < 1.29 is 13.6 Å². The first-order chi connectivity index (χ1) is 6.04. The molecule has 0 amide bonds. The van der Waals surface area contributed by atoms with Gasteiger partial charge in [-0.1, -0.05) is 29.3 Å². The van der Waals surface area contributed by atoms with E-state index in [9.17, 15) is 13.6 Å². The van der Waals surface area contributed by atoms with Crippen LogP contribution in [0.5, 0.6) is 0 Å². The molecule has 1 nitrogen and oxygen atoms in total. The van der Waals surface area contributed by atoms with E-state index in [-0.39, 0.29) is 15.6 Å². The molecule has 0 atom stereocenters. The third-order valence-corrected chi connectivity index (χ3v) is 2.04. The van der Waals surface area contributed by atoms with Crippen LogP contribution in [0.1, 0.15) is 10.4 Å². The molecule has 1 aromatic rings. The summed E-state index contributed by atoms with van der Waals surface area (Å²) in [5, 5.41) is -0.115. The quantitative estimate of drug-likeness (QED) is 0.704. The van der Waals surface area contributed by atoms with Gasteiger partial charge in [0.05, 0.1) is 15.6 Å². The number of benzene rings is 1. The summed E-state index contributed by atoms with van der Waals surface area (Å²) in [6, 6.07) is 4.15. The summed E-state index contributed by atoms with van der Waals surface area (Å²) in [6.45, 7) is 0. The molecule has 0 aliphatic heterocycles. The molecule has 0 saturated carbocycles. The monoisotopic (exact) mass is 224 g/mol. The van der Waals surface area contributed by atoms with Crippen molar-refractivity contribution in [3.05, 3.63) is 33.8 Å². The lowest BCUT2D eigenvalue weighted by Crippen LogP contribution is -2.11. The van der Waals surface area contributed by atoms with Gasteiger partial charge in [0, 0.05) is 0 Å². The second-order valence-corrected chi connectivity index (χ2v) is 3.08. The molecule has 0 radical (unpaired) electrons. The lowest BCUT2D eigenvalue weighted by molar-refractivity contribution is 0.0679. The number of halogens is 4. The molecule has 1 aromatic carbocycles. The van der Waals surface area contributed by atoms with Crippen LogP contribution < -0.4 is 0 Å². The van der Waals surface area contributed by atoms with Crippen molar-refractivity contribution in [3.63, 3.8) is 0 Å². The number of rotatable bonds is 2. The Morgan fingerprint density at radius 3 is 2.08 bits per heavy atom. The molecule has 0 heterocycles. The minimum absolute atomic E-state index is 0.0576. The molecule has 0 aliphatic rings. The average Bonchev–Trinajstić information content (AvgIpc) is 2.03. The van der Waals surface area contributed by atoms with Gasteiger partial charge in [0.15, 0.2) is 0 Å². The Morgan fingerprint density at radius 1 is 1.23 bits per heavy atom. The molecule has 0 fully saturated rings. The van der Waals surface area contributed by atoms with Gasteiger partial charge in [0.2, 0.25) is 5.78 Å². The first kappa shape index (κ1) is 10.4. The highest BCUT2D eigenvalue weighted by Crippen LogP contribution is 2.26. The number of carbonyl (C=O) groups is 1. The molecule has 0 aromatic heterocycles. The zero-order valence-corrected chi connectivity index (χ0v) is 7.74. The smallest absolute Gasteiger partial charge is 0.288 e. The summed E-state index contributed by atoms with van der Waals surface area (Å²) in [5.74, 6) is -1.35. The van der Waals surface area contributed by atoms with Gasteiger partial charge >= 0.3 is 6.43 Å². The van der Waals surface area contributed by atoms with Crippen molar-refractivity contribution in [1.82, 2.24) is 0 Å². The molecule has 0 spiro atoms. The predicted octanol–water partition coefficient (Wildman–Crippen LogP) is 3.44. The summed E-state index contributed by atoms with van der Waals surface area (Å²) in [6.07, 6.45) is -3.09. The summed E-state index contributed by atoms with van der Waals surface area (Å²) in [7, 11) is 0. The fourth-order valence-corrected chi connectivity index (χ4v) is 1.43. The fraction of sp³-hybridized carbons (Fsp3) is 0.125. The number of carbonyl (C=O) groups excluding carboxylic acids is 1. The van der Waals surface area contributed by atoms with Crippen LogP contribution in [0.15, 0.2) is 18.2 Å². The van der Waals surface area contributed by atoms with E-state index in [0.29, 0.717) is 0 Å². The van der Waals surface area contributed by atoms with E-state index in [1.807, 2.05) is 0 Å². The zero-order chi connectivity index (χ0) is 10.0. The van der Waals surface area contributed by atoms with E-state index in [4.69, 9.17) is 23.2 Å². The van der Waals surface area contributed by atoms with Crippen molar-refractivity contribution in [1.29, 1.82) is 0 Å². The molecule has 70 valence electrons. The predicted molar refractivity (Wildman–Crippen MR) is 46.8 cm³/mol. The van der Waals surface area contributed by atoms with Crippen LogP contribution in [-0.4, -0.2) is 12.2 Å². The van der Waals surface area contributed by atoms with Gasteiger partial charge in [-0.25, -0.2) is 8.78 Å². The molecular weight excluding hydrogens is 221 g/mol. The van der Waals surface area contributed by atoms with Gasteiger partial charge in [-0.3, -0.25) is 4.79 Å². The van der Waals surface area contributed by atoms with E-state index in [1.54, 1.807) is 0 Å². The Labute approximate surface area is 83.3 Å². The van der Waals surface area contributed by atoms with E-state index in [1.165, 1.54) is 18.2 Å². The van der Waals surface area contributed by atoms with Crippen LogP contribution in [0.25, 0.3) is 0 Å². The lowest BCUT2D eigenvalue weighted by Gasteiger charge is -2.03.